The summed E-state index contributed by atoms with van der Waals surface area (Å²) in [5.74, 6) is 2.37. The fraction of sp³-hybridized carbons (Fsp3) is 0.310. The fourth-order valence-corrected chi connectivity index (χ4v) is 3.92. The van der Waals surface area contributed by atoms with E-state index < -0.39 is 0 Å². The number of amides is 1. The summed E-state index contributed by atoms with van der Waals surface area (Å²) in [5, 5.41) is 2.97. The Morgan fingerprint density at radius 3 is 2.41 bits per heavy atom. The maximum atomic E-state index is 11.8. The summed E-state index contributed by atoms with van der Waals surface area (Å²) in [6.07, 6.45) is 3.35. The SMILES string of the molecule is CC(C)CNC(=O)CCCCCOc1ccc2nc(-c3ccccc3)n(-c3ccccc3)c2c1. The van der Waals surface area contributed by atoms with Crippen molar-refractivity contribution < 1.29 is 9.53 Å². The zero-order valence-corrected chi connectivity index (χ0v) is 20.0. The van der Waals surface area contributed by atoms with Gasteiger partial charge < -0.3 is 10.1 Å². The van der Waals surface area contributed by atoms with Crippen molar-refractivity contribution in [2.24, 2.45) is 5.92 Å². The summed E-state index contributed by atoms with van der Waals surface area (Å²) >= 11 is 0. The maximum absolute atomic E-state index is 11.8. The van der Waals surface area contributed by atoms with E-state index in [-0.39, 0.29) is 5.91 Å². The number of ether oxygens (including phenoxy) is 1. The molecule has 3 aromatic carbocycles. The second-order valence-electron chi connectivity index (χ2n) is 8.98. The molecule has 0 fully saturated rings. The highest BCUT2D eigenvalue weighted by atomic mass is 16.5. The van der Waals surface area contributed by atoms with Crippen LogP contribution in [0.25, 0.3) is 28.1 Å². The summed E-state index contributed by atoms with van der Waals surface area (Å²) in [4.78, 5) is 16.8. The van der Waals surface area contributed by atoms with Crippen LogP contribution in [0.3, 0.4) is 0 Å². The zero-order valence-electron chi connectivity index (χ0n) is 20.0. The molecule has 1 heterocycles. The minimum atomic E-state index is 0.142. The Morgan fingerprint density at radius 2 is 1.68 bits per heavy atom. The lowest BCUT2D eigenvalue weighted by Gasteiger charge is -2.11. The molecular weight excluding hydrogens is 422 g/mol. The normalized spacial score (nSPS) is 11.1. The number of fused-ring (bicyclic) bond motifs is 1. The first-order valence-corrected chi connectivity index (χ1v) is 12.1. The van der Waals surface area contributed by atoms with Crippen LogP contribution < -0.4 is 10.1 Å². The van der Waals surface area contributed by atoms with Crippen LogP contribution in [0.2, 0.25) is 0 Å². The van der Waals surface area contributed by atoms with Crippen molar-refractivity contribution in [1.82, 2.24) is 14.9 Å². The molecule has 1 aromatic heterocycles. The van der Waals surface area contributed by atoms with E-state index in [0.717, 1.165) is 59.7 Å². The van der Waals surface area contributed by atoms with Gasteiger partial charge in [0.15, 0.2) is 0 Å². The second kappa shape index (κ2) is 11.5. The first-order valence-electron chi connectivity index (χ1n) is 12.1. The van der Waals surface area contributed by atoms with Crippen molar-refractivity contribution in [3.05, 3.63) is 78.9 Å². The van der Waals surface area contributed by atoms with Gasteiger partial charge in [0.1, 0.15) is 11.6 Å². The summed E-state index contributed by atoms with van der Waals surface area (Å²) in [7, 11) is 0. The highest BCUT2D eigenvalue weighted by Crippen LogP contribution is 2.30. The van der Waals surface area contributed by atoms with Crippen molar-refractivity contribution in [3.63, 3.8) is 0 Å². The third kappa shape index (κ3) is 6.04. The van der Waals surface area contributed by atoms with E-state index in [0.29, 0.717) is 18.9 Å². The van der Waals surface area contributed by atoms with Crippen LogP contribution in [0, 0.1) is 5.92 Å². The number of rotatable bonds is 11. The third-order valence-corrected chi connectivity index (χ3v) is 5.70. The van der Waals surface area contributed by atoms with Gasteiger partial charge in [0.2, 0.25) is 5.91 Å². The number of para-hydroxylation sites is 1. The molecule has 0 aliphatic rings. The number of carbonyl (C=O) groups is 1. The van der Waals surface area contributed by atoms with Gasteiger partial charge in [0, 0.05) is 30.3 Å². The Hall–Kier alpha value is -3.60. The van der Waals surface area contributed by atoms with E-state index in [4.69, 9.17) is 9.72 Å². The summed E-state index contributed by atoms with van der Waals surface area (Å²) in [6, 6.07) is 26.6. The van der Waals surface area contributed by atoms with E-state index in [9.17, 15) is 4.79 Å². The highest BCUT2D eigenvalue weighted by Gasteiger charge is 2.15. The molecule has 4 rings (SSSR count). The van der Waals surface area contributed by atoms with Crippen LogP contribution in [0.15, 0.2) is 78.9 Å². The highest BCUT2D eigenvalue weighted by molar-refractivity contribution is 5.84. The topological polar surface area (TPSA) is 56.1 Å². The number of nitrogens with zero attached hydrogens (tertiary/aromatic N) is 2. The molecule has 0 aliphatic carbocycles. The van der Waals surface area contributed by atoms with Gasteiger partial charge in [-0.1, -0.05) is 62.4 Å². The zero-order chi connectivity index (χ0) is 23.8. The fourth-order valence-electron chi connectivity index (χ4n) is 3.92. The molecule has 34 heavy (non-hydrogen) atoms. The number of imidazole rings is 1. The van der Waals surface area contributed by atoms with E-state index >= 15 is 0 Å². The lowest BCUT2D eigenvalue weighted by atomic mass is 10.2. The minimum absolute atomic E-state index is 0.142. The molecule has 5 nitrogen and oxygen atoms in total. The Morgan fingerprint density at radius 1 is 0.941 bits per heavy atom. The molecule has 0 radical (unpaired) electrons. The first kappa shape index (κ1) is 23.6. The molecule has 5 heteroatoms. The molecule has 0 aliphatic heterocycles. The van der Waals surface area contributed by atoms with Crippen molar-refractivity contribution in [1.29, 1.82) is 0 Å². The Labute approximate surface area is 201 Å². The van der Waals surface area contributed by atoms with Gasteiger partial charge in [-0.05, 0) is 49.4 Å². The van der Waals surface area contributed by atoms with Gasteiger partial charge in [-0.2, -0.15) is 0 Å². The molecule has 1 amide bonds. The van der Waals surface area contributed by atoms with Gasteiger partial charge in [-0.3, -0.25) is 9.36 Å². The number of hydrogen-bond donors (Lipinski definition) is 1. The van der Waals surface area contributed by atoms with Crippen molar-refractivity contribution in [2.75, 3.05) is 13.2 Å². The van der Waals surface area contributed by atoms with E-state index in [1.54, 1.807) is 0 Å². The summed E-state index contributed by atoms with van der Waals surface area (Å²) < 4.78 is 8.25. The van der Waals surface area contributed by atoms with Gasteiger partial charge in [-0.25, -0.2) is 4.98 Å². The van der Waals surface area contributed by atoms with E-state index in [1.165, 1.54) is 0 Å². The van der Waals surface area contributed by atoms with Crippen molar-refractivity contribution in [2.45, 2.75) is 39.5 Å². The number of benzene rings is 3. The van der Waals surface area contributed by atoms with Crippen molar-refractivity contribution >= 4 is 16.9 Å². The van der Waals surface area contributed by atoms with E-state index in [1.807, 2.05) is 48.5 Å². The molecule has 0 unspecified atom stereocenters. The third-order valence-electron chi connectivity index (χ3n) is 5.70. The number of unbranched alkanes of at least 4 members (excludes halogenated alkanes) is 2. The molecular formula is C29H33N3O2. The quantitative estimate of drug-likeness (QED) is 0.266. The lowest BCUT2D eigenvalue weighted by molar-refractivity contribution is -0.121. The largest absolute Gasteiger partial charge is 0.494 e. The second-order valence-corrected chi connectivity index (χ2v) is 8.98. The van der Waals surface area contributed by atoms with Crippen LogP contribution >= 0.6 is 0 Å². The number of hydrogen-bond acceptors (Lipinski definition) is 3. The maximum Gasteiger partial charge on any atom is 0.220 e. The average molecular weight is 456 g/mol. The van der Waals surface area contributed by atoms with Crippen LogP contribution in [-0.2, 0) is 4.79 Å². The van der Waals surface area contributed by atoms with E-state index in [2.05, 4.69) is 54.1 Å². The molecule has 4 aromatic rings. The number of carbonyl (C=O) groups excluding carboxylic acids is 1. The number of aromatic nitrogens is 2. The first-order chi connectivity index (χ1) is 16.6. The van der Waals surface area contributed by atoms with Crippen LogP contribution in [0.5, 0.6) is 5.75 Å². The molecule has 1 N–H and O–H groups in total. The van der Waals surface area contributed by atoms with Gasteiger partial charge in [0.05, 0.1) is 17.6 Å². The smallest absolute Gasteiger partial charge is 0.220 e. The summed E-state index contributed by atoms with van der Waals surface area (Å²) in [5.41, 5.74) is 4.09. The van der Waals surface area contributed by atoms with Gasteiger partial charge in [0.25, 0.3) is 0 Å². The number of nitrogens with one attached hydrogen (secondary N) is 1. The molecule has 176 valence electrons. The van der Waals surface area contributed by atoms with Crippen molar-refractivity contribution in [3.8, 4) is 22.8 Å². The Bertz CT molecular complexity index is 1200. The standard InChI is InChI=1S/C29H33N3O2/c1-22(2)21-30-28(33)16-10-5-11-19-34-25-17-18-26-27(20-25)32(24-14-8-4-9-15-24)29(31-26)23-12-6-3-7-13-23/h3-4,6-9,12-15,17-18,20,22H,5,10-11,16,19,21H2,1-2H3,(H,30,33). The molecule has 0 bridgehead atoms. The van der Waals surface area contributed by atoms with Crippen LogP contribution in [0.1, 0.15) is 39.5 Å². The lowest BCUT2D eigenvalue weighted by Crippen LogP contribution is -2.26. The molecule has 0 atom stereocenters. The Balaban J connectivity index is 1.43. The molecule has 0 saturated heterocycles. The van der Waals surface area contributed by atoms with Crippen LogP contribution in [-0.4, -0.2) is 28.6 Å². The monoisotopic (exact) mass is 455 g/mol. The summed E-state index contributed by atoms with van der Waals surface area (Å²) in [6.45, 7) is 5.58. The predicted molar refractivity (Wildman–Crippen MR) is 138 cm³/mol. The molecule has 0 spiro atoms. The average Bonchev–Trinajstić information content (AvgIpc) is 3.25. The van der Waals surface area contributed by atoms with Gasteiger partial charge in [-0.15, -0.1) is 0 Å². The van der Waals surface area contributed by atoms with Gasteiger partial charge >= 0.3 is 0 Å². The van der Waals surface area contributed by atoms with Crippen LogP contribution in [0.4, 0.5) is 0 Å². The predicted octanol–water partition coefficient (Wildman–Crippen LogP) is 6.40. The Kier molecular flexibility index (Phi) is 7.97. The minimum Gasteiger partial charge on any atom is -0.494 e. The molecule has 0 saturated carbocycles.